The number of fused-ring (bicyclic) bond motifs is 1. The maximum Gasteiger partial charge on any atom is 0.338 e. The molecule has 1 aliphatic rings. The number of rotatable bonds is 8. The Bertz CT molecular complexity index is 1530. The molecule has 1 aromatic heterocycles. The maximum atomic E-state index is 13.8. The van der Waals surface area contributed by atoms with Crippen molar-refractivity contribution in [2.24, 2.45) is 4.99 Å². The Morgan fingerprint density at radius 1 is 1.08 bits per heavy atom. The van der Waals surface area contributed by atoms with Crippen molar-refractivity contribution in [3.63, 3.8) is 0 Å². The predicted molar refractivity (Wildman–Crippen MR) is 140 cm³/mol. The number of ether oxygens (including phenoxy) is 3. The molecule has 0 bridgehead atoms. The highest BCUT2D eigenvalue weighted by Gasteiger charge is 2.34. The zero-order chi connectivity index (χ0) is 26.5. The molecule has 1 atom stereocenters. The summed E-state index contributed by atoms with van der Waals surface area (Å²) < 4.78 is 17.6. The van der Waals surface area contributed by atoms with E-state index in [2.05, 4.69) is 0 Å². The fourth-order valence-corrected chi connectivity index (χ4v) is 5.25. The van der Waals surface area contributed by atoms with Gasteiger partial charge in [-0.05, 0) is 54.8 Å². The molecule has 0 spiro atoms. The number of benzene rings is 2. The Hall–Kier alpha value is -3.98. The van der Waals surface area contributed by atoms with Gasteiger partial charge in [0.15, 0.2) is 4.80 Å². The van der Waals surface area contributed by atoms with E-state index < -0.39 is 18.0 Å². The second kappa shape index (κ2) is 11.4. The van der Waals surface area contributed by atoms with Crippen LogP contribution in [0.3, 0.4) is 0 Å². The minimum absolute atomic E-state index is 0.207. The third-order valence-electron chi connectivity index (χ3n) is 5.93. The maximum absolute atomic E-state index is 13.8. The summed E-state index contributed by atoms with van der Waals surface area (Å²) in [4.78, 5) is 44.0. The molecule has 0 radical (unpaired) electrons. The van der Waals surface area contributed by atoms with Gasteiger partial charge < -0.3 is 14.2 Å². The molecule has 0 aliphatic carbocycles. The number of allylic oxidation sites excluding steroid dienone is 1. The molecule has 3 aromatic rings. The molecule has 2 aromatic carbocycles. The van der Waals surface area contributed by atoms with E-state index in [9.17, 15) is 14.4 Å². The minimum Gasteiger partial charge on any atom is -0.497 e. The van der Waals surface area contributed by atoms with Gasteiger partial charge in [0.25, 0.3) is 5.56 Å². The van der Waals surface area contributed by atoms with Crippen LogP contribution < -0.4 is 19.6 Å². The van der Waals surface area contributed by atoms with E-state index in [4.69, 9.17) is 19.2 Å². The van der Waals surface area contributed by atoms with Crippen LogP contribution in [-0.4, -0.2) is 37.3 Å². The van der Waals surface area contributed by atoms with E-state index in [1.165, 1.54) is 18.4 Å². The molecule has 0 fully saturated rings. The van der Waals surface area contributed by atoms with E-state index >= 15 is 0 Å². The number of esters is 2. The summed E-state index contributed by atoms with van der Waals surface area (Å²) in [7, 11) is 2.90. The Kier molecular flexibility index (Phi) is 8.03. The van der Waals surface area contributed by atoms with Gasteiger partial charge in [0.2, 0.25) is 0 Å². The molecular formula is C28H28N2O6S. The van der Waals surface area contributed by atoms with Crippen molar-refractivity contribution in [2.75, 3.05) is 20.8 Å². The molecule has 8 nitrogen and oxygen atoms in total. The van der Waals surface area contributed by atoms with Crippen LogP contribution in [0.5, 0.6) is 5.75 Å². The number of carbonyl (C=O) groups excluding carboxylic acids is 2. The summed E-state index contributed by atoms with van der Waals surface area (Å²) >= 11 is 1.26. The summed E-state index contributed by atoms with van der Waals surface area (Å²) in [5.74, 6) is -0.308. The van der Waals surface area contributed by atoms with Gasteiger partial charge in [-0.1, -0.05) is 48.9 Å². The van der Waals surface area contributed by atoms with Crippen molar-refractivity contribution in [1.29, 1.82) is 0 Å². The van der Waals surface area contributed by atoms with Gasteiger partial charge in [0.1, 0.15) is 5.75 Å². The second-order valence-electron chi connectivity index (χ2n) is 8.30. The highest BCUT2D eigenvalue weighted by Crippen LogP contribution is 2.33. The lowest BCUT2D eigenvalue weighted by molar-refractivity contribution is -0.139. The Morgan fingerprint density at radius 3 is 2.49 bits per heavy atom. The smallest absolute Gasteiger partial charge is 0.338 e. The number of methoxy groups -OCH3 is 2. The fourth-order valence-electron chi connectivity index (χ4n) is 4.23. The molecule has 0 N–H and O–H groups in total. The van der Waals surface area contributed by atoms with Crippen molar-refractivity contribution in [1.82, 2.24) is 4.57 Å². The zero-order valence-corrected chi connectivity index (χ0v) is 22.0. The fraction of sp³-hybridized carbons (Fsp3) is 0.286. The Balaban J connectivity index is 1.93. The lowest BCUT2D eigenvalue weighted by Crippen LogP contribution is -2.40. The first-order valence-corrected chi connectivity index (χ1v) is 12.8. The SMILES string of the molecule is CCCC1=C(C(=O)OCC)[C@H](c2cccc(OC)c2)n2c(sc(=Cc3ccc(C(=O)OC)cc3)c2=O)=N1. The first-order valence-electron chi connectivity index (χ1n) is 12.0. The first-order chi connectivity index (χ1) is 17.9. The van der Waals surface area contributed by atoms with E-state index in [0.717, 1.165) is 17.5 Å². The number of carbonyl (C=O) groups is 2. The van der Waals surface area contributed by atoms with Gasteiger partial charge in [0.05, 0.1) is 48.2 Å². The molecule has 0 unspecified atom stereocenters. The van der Waals surface area contributed by atoms with Crippen molar-refractivity contribution in [3.05, 3.63) is 96.2 Å². The van der Waals surface area contributed by atoms with E-state index in [-0.39, 0.29) is 12.2 Å². The van der Waals surface area contributed by atoms with E-state index in [1.807, 2.05) is 31.2 Å². The van der Waals surface area contributed by atoms with Gasteiger partial charge in [-0.2, -0.15) is 0 Å². The van der Waals surface area contributed by atoms with Crippen molar-refractivity contribution in [2.45, 2.75) is 32.7 Å². The van der Waals surface area contributed by atoms with Crippen LogP contribution in [0.25, 0.3) is 6.08 Å². The normalized spacial score (nSPS) is 15.1. The summed E-state index contributed by atoms with van der Waals surface area (Å²) in [5, 5.41) is 0. The molecule has 1 aliphatic heterocycles. The quantitative estimate of drug-likeness (QED) is 0.423. The number of aromatic nitrogens is 1. The van der Waals surface area contributed by atoms with Crippen molar-refractivity contribution >= 4 is 29.4 Å². The first kappa shape index (κ1) is 26.1. The molecule has 192 valence electrons. The lowest BCUT2D eigenvalue weighted by atomic mass is 9.94. The summed E-state index contributed by atoms with van der Waals surface area (Å²) in [6.07, 6.45) is 3.09. The van der Waals surface area contributed by atoms with Crippen LogP contribution in [0.15, 0.2) is 69.6 Å². The topological polar surface area (TPSA) is 96.2 Å². The van der Waals surface area contributed by atoms with E-state index in [1.54, 1.807) is 48.9 Å². The molecule has 4 rings (SSSR count). The van der Waals surface area contributed by atoms with Gasteiger partial charge in [0, 0.05) is 0 Å². The third-order valence-corrected chi connectivity index (χ3v) is 6.91. The molecule has 0 amide bonds. The largest absolute Gasteiger partial charge is 0.497 e. The summed E-state index contributed by atoms with van der Waals surface area (Å²) in [5.41, 5.74) is 2.59. The lowest BCUT2D eigenvalue weighted by Gasteiger charge is -2.26. The second-order valence-corrected chi connectivity index (χ2v) is 9.31. The highest BCUT2D eigenvalue weighted by molar-refractivity contribution is 7.07. The van der Waals surface area contributed by atoms with Crippen LogP contribution in [0, 0.1) is 0 Å². The molecule has 2 heterocycles. The Labute approximate surface area is 218 Å². The van der Waals surface area contributed by atoms with Crippen LogP contribution >= 0.6 is 11.3 Å². The average molecular weight is 521 g/mol. The van der Waals surface area contributed by atoms with Gasteiger partial charge in [-0.25, -0.2) is 14.6 Å². The summed E-state index contributed by atoms with van der Waals surface area (Å²) in [6.45, 7) is 3.97. The van der Waals surface area contributed by atoms with E-state index in [0.29, 0.717) is 38.3 Å². The monoisotopic (exact) mass is 520 g/mol. The van der Waals surface area contributed by atoms with Gasteiger partial charge in [-0.15, -0.1) is 0 Å². The van der Waals surface area contributed by atoms with Crippen LogP contribution in [0.2, 0.25) is 0 Å². The average Bonchev–Trinajstić information content (AvgIpc) is 3.22. The molecular weight excluding hydrogens is 492 g/mol. The Morgan fingerprint density at radius 2 is 1.84 bits per heavy atom. The predicted octanol–water partition coefficient (Wildman–Crippen LogP) is 3.37. The molecule has 37 heavy (non-hydrogen) atoms. The number of thiazole rings is 1. The van der Waals surface area contributed by atoms with Crippen LogP contribution in [0.1, 0.15) is 54.2 Å². The number of hydrogen-bond acceptors (Lipinski definition) is 8. The highest BCUT2D eigenvalue weighted by atomic mass is 32.1. The zero-order valence-electron chi connectivity index (χ0n) is 21.1. The molecule has 9 heteroatoms. The van der Waals surface area contributed by atoms with Gasteiger partial charge in [-0.3, -0.25) is 9.36 Å². The van der Waals surface area contributed by atoms with Crippen LogP contribution in [0.4, 0.5) is 0 Å². The standard InChI is InChI=1S/C28H28N2O6S/c1-5-8-21-23(27(33)36-6-2)24(19-9-7-10-20(16-19)34-3)30-25(31)22(37-28(30)29-21)15-17-11-13-18(14-12-17)26(32)35-4/h7,9-16,24H,5-6,8H2,1-4H3/t24-/m0/s1. The third kappa shape index (κ3) is 5.27. The molecule has 0 saturated carbocycles. The minimum atomic E-state index is -0.712. The van der Waals surface area contributed by atoms with Crippen LogP contribution in [-0.2, 0) is 14.3 Å². The number of nitrogens with zero attached hydrogens (tertiary/aromatic N) is 2. The van der Waals surface area contributed by atoms with Gasteiger partial charge >= 0.3 is 11.9 Å². The molecule has 0 saturated heterocycles. The number of hydrogen-bond donors (Lipinski definition) is 0. The van der Waals surface area contributed by atoms with Crippen molar-refractivity contribution < 1.29 is 23.8 Å². The van der Waals surface area contributed by atoms with Crippen molar-refractivity contribution in [3.8, 4) is 5.75 Å². The summed E-state index contributed by atoms with van der Waals surface area (Å²) in [6, 6.07) is 13.4.